The van der Waals surface area contributed by atoms with Crippen molar-refractivity contribution in [2.24, 2.45) is 0 Å². The highest BCUT2D eigenvalue weighted by Crippen LogP contribution is 2.33. The van der Waals surface area contributed by atoms with E-state index in [-0.39, 0.29) is 12.6 Å². The van der Waals surface area contributed by atoms with Crippen LogP contribution in [0.3, 0.4) is 0 Å². The molecule has 0 amide bonds. The van der Waals surface area contributed by atoms with Crippen molar-refractivity contribution in [1.29, 1.82) is 0 Å². The van der Waals surface area contributed by atoms with E-state index in [2.05, 4.69) is 15.2 Å². The zero-order chi connectivity index (χ0) is 20.4. The molecule has 0 radical (unpaired) electrons. The van der Waals surface area contributed by atoms with Gasteiger partial charge in [-0.2, -0.15) is 10.1 Å². The minimum Gasteiger partial charge on any atom is -0.496 e. The topological polar surface area (TPSA) is 75.2 Å². The Labute approximate surface area is 180 Å². The summed E-state index contributed by atoms with van der Waals surface area (Å²) in [7, 11) is 1.56. The van der Waals surface area contributed by atoms with Gasteiger partial charge in [-0.05, 0) is 36.4 Å². The monoisotopic (exact) mass is 450 g/mol. The Hall–Kier alpha value is -2.74. The number of ether oxygens (including phenoxy) is 2. The van der Waals surface area contributed by atoms with E-state index in [1.807, 2.05) is 0 Å². The van der Waals surface area contributed by atoms with Crippen molar-refractivity contribution in [3.05, 3.63) is 63.7 Å². The number of hydrogen-bond acceptors (Lipinski definition) is 6. The molecule has 148 valence electrons. The molecule has 29 heavy (non-hydrogen) atoms. The lowest BCUT2D eigenvalue weighted by atomic mass is 10.2. The number of benzene rings is 2. The SMILES string of the molecule is COc1ccc(Cl)cc1-c1noc(-c2ccn(COc3c(Cl)cccc3Cl)n2)n1. The number of nitrogens with zero attached hydrogens (tertiary/aromatic N) is 4. The lowest BCUT2D eigenvalue weighted by Gasteiger charge is -2.09. The van der Waals surface area contributed by atoms with Gasteiger partial charge in [0.15, 0.2) is 18.2 Å². The molecule has 0 fully saturated rings. The largest absolute Gasteiger partial charge is 0.496 e. The van der Waals surface area contributed by atoms with Gasteiger partial charge in [-0.25, -0.2) is 4.68 Å². The van der Waals surface area contributed by atoms with E-state index in [1.165, 1.54) is 0 Å². The predicted octanol–water partition coefficient (Wildman–Crippen LogP) is 5.61. The fraction of sp³-hybridized carbons (Fsp3) is 0.105. The molecule has 0 saturated carbocycles. The number of aromatic nitrogens is 4. The lowest BCUT2D eigenvalue weighted by Crippen LogP contribution is -2.06. The summed E-state index contributed by atoms with van der Waals surface area (Å²) in [6.07, 6.45) is 1.71. The van der Waals surface area contributed by atoms with Crippen molar-refractivity contribution in [2.45, 2.75) is 6.73 Å². The van der Waals surface area contributed by atoms with Gasteiger partial charge in [0, 0.05) is 11.2 Å². The summed E-state index contributed by atoms with van der Waals surface area (Å²) in [5.74, 6) is 1.56. The first-order valence-corrected chi connectivity index (χ1v) is 9.47. The molecular weight excluding hydrogens is 439 g/mol. The molecule has 7 nitrogen and oxygen atoms in total. The van der Waals surface area contributed by atoms with Crippen LogP contribution in [0.15, 0.2) is 53.2 Å². The molecule has 0 aliphatic carbocycles. The second-order valence-corrected chi connectivity index (χ2v) is 7.08. The Morgan fingerprint density at radius 3 is 2.62 bits per heavy atom. The molecule has 0 unspecified atom stereocenters. The zero-order valence-electron chi connectivity index (χ0n) is 15.0. The summed E-state index contributed by atoms with van der Waals surface area (Å²) < 4.78 is 17.9. The number of hydrogen-bond donors (Lipinski definition) is 0. The maximum Gasteiger partial charge on any atom is 0.278 e. The molecule has 4 aromatic rings. The van der Waals surface area contributed by atoms with Gasteiger partial charge in [0.25, 0.3) is 5.89 Å². The molecule has 0 atom stereocenters. The van der Waals surface area contributed by atoms with E-state index in [0.717, 1.165) is 0 Å². The molecule has 4 rings (SSSR count). The highest BCUT2D eigenvalue weighted by Gasteiger charge is 2.17. The molecule has 10 heteroatoms. The summed E-state index contributed by atoms with van der Waals surface area (Å²) in [5, 5.41) is 9.74. The summed E-state index contributed by atoms with van der Waals surface area (Å²) in [4.78, 5) is 4.39. The second-order valence-electron chi connectivity index (χ2n) is 5.83. The average Bonchev–Trinajstić information content (AvgIpc) is 3.37. The quantitative estimate of drug-likeness (QED) is 0.379. The highest BCUT2D eigenvalue weighted by molar-refractivity contribution is 6.37. The number of methoxy groups -OCH3 is 1. The van der Waals surface area contributed by atoms with E-state index >= 15 is 0 Å². The molecule has 0 N–H and O–H groups in total. The molecule has 2 aromatic heterocycles. The molecule has 0 bridgehead atoms. The van der Waals surface area contributed by atoms with Gasteiger partial charge < -0.3 is 14.0 Å². The maximum atomic E-state index is 6.10. The summed E-state index contributed by atoms with van der Waals surface area (Å²) in [6, 6.07) is 12.0. The van der Waals surface area contributed by atoms with E-state index in [0.29, 0.717) is 43.6 Å². The van der Waals surface area contributed by atoms with Crippen LogP contribution in [-0.4, -0.2) is 27.0 Å². The van der Waals surface area contributed by atoms with Gasteiger partial charge in [-0.15, -0.1) is 0 Å². The van der Waals surface area contributed by atoms with Crippen LogP contribution in [-0.2, 0) is 6.73 Å². The molecule has 2 heterocycles. The van der Waals surface area contributed by atoms with E-state index in [9.17, 15) is 0 Å². The fourth-order valence-corrected chi connectivity index (χ4v) is 3.27. The van der Waals surface area contributed by atoms with Crippen LogP contribution < -0.4 is 9.47 Å². The van der Waals surface area contributed by atoms with Crippen molar-refractivity contribution < 1.29 is 14.0 Å². The van der Waals surface area contributed by atoms with Crippen LogP contribution in [0.2, 0.25) is 15.1 Å². The van der Waals surface area contributed by atoms with Crippen LogP contribution in [0.5, 0.6) is 11.5 Å². The first-order valence-electron chi connectivity index (χ1n) is 8.33. The Morgan fingerprint density at radius 1 is 1.07 bits per heavy atom. The highest BCUT2D eigenvalue weighted by atomic mass is 35.5. The van der Waals surface area contributed by atoms with Crippen LogP contribution in [0.1, 0.15) is 0 Å². The van der Waals surface area contributed by atoms with Crippen LogP contribution in [0.4, 0.5) is 0 Å². The van der Waals surface area contributed by atoms with Crippen molar-refractivity contribution >= 4 is 34.8 Å². The third-order valence-corrected chi connectivity index (χ3v) is 4.78. The Kier molecular flexibility index (Phi) is 5.62. The van der Waals surface area contributed by atoms with Crippen molar-refractivity contribution in [1.82, 2.24) is 19.9 Å². The van der Waals surface area contributed by atoms with Gasteiger partial charge in [0.1, 0.15) is 5.75 Å². The molecule has 2 aromatic carbocycles. The third-order valence-electron chi connectivity index (χ3n) is 3.95. The molecule has 0 spiro atoms. The Balaban J connectivity index is 1.53. The number of halogens is 3. The van der Waals surface area contributed by atoms with Crippen LogP contribution in [0, 0.1) is 0 Å². The first kappa shape index (κ1) is 19.6. The lowest BCUT2D eigenvalue weighted by molar-refractivity contribution is 0.221. The minimum absolute atomic E-state index is 0.104. The van der Waals surface area contributed by atoms with Gasteiger partial charge in [-0.3, -0.25) is 0 Å². The Morgan fingerprint density at radius 2 is 1.86 bits per heavy atom. The van der Waals surface area contributed by atoms with E-state index in [1.54, 1.807) is 60.5 Å². The van der Waals surface area contributed by atoms with Gasteiger partial charge in [0.05, 0.1) is 22.7 Å². The molecule has 0 aliphatic heterocycles. The molecule has 0 saturated heterocycles. The van der Waals surface area contributed by atoms with E-state index < -0.39 is 0 Å². The standard InChI is InChI=1S/C19H13Cl3N4O3/c1-27-16-6-5-11(20)9-12(16)18-23-19(29-25-18)15-7-8-26(24-15)10-28-17-13(21)3-2-4-14(17)22/h2-9H,10H2,1H3. The smallest absolute Gasteiger partial charge is 0.278 e. The normalized spacial score (nSPS) is 10.9. The molecular formula is C19H13Cl3N4O3. The predicted molar refractivity (Wildman–Crippen MR) is 110 cm³/mol. The summed E-state index contributed by atoms with van der Waals surface area (Å²) >= 11 is 18.3. The summed E-state index contributed by atoms with van der Waals surface area (Å²) in [5.41, 5.74) is 1.10. The van der Waals surface area contributed by atoms with Crippen molar-refractivity contribution in [2.75, 3.05) is 7.11 Å². The maximum absolute atomic E-state index is 6.10. The van der Waals surface area contributed by atoms with Crippen LogP contribution >= 0.6 is 34.8 Å². The fourth-order valence-electron chi connectivity index (χ4n) is 2.59. The van der Waals surface area contributed by atoms with E-state index in [4.69, 9.17) is 48.8 Å². The molecule has 0 aliphatic rings. The average molecular weight is 452 g/mol. The summed E-state index contributed by atoms with van der Waals surface area (Å²) in [6.45, 7) is 0.104. The number of para-hydroxylation sites is 1. The second kappa shape index (κ2) is 8.32. The van der Waals surface area contributed by atoms with Crippen molar-refractivity contribution in [3.8, 4) is 34.5 Å². The van der Waals surface area contributed by atoms with Gasteiger partial charge >= 0.3 is 0 Å². The third kappa shape index (κ3) is 4.17. The van der Waals surface area contributed by atoms with Crippen molar-refractivity contribution in [3.63, 3.8) is 0 Å². The first-order chi connectivity index (χ1) is 14.0. The number of rotatable bonds is 6. The van der Waals surface area contributed by atoms with Crippen LogP contribution in [0.25, 0.3) is 23.0 Å². The minimum atomic E-state index is 0.104. The Bertz CT molecular complexity index is 1140. The zero-order valence-corrected chi connectivity index (χ0v) is 17.2. The van der Waals surface area contributed by atoms with Gasteiger partial charge in [0.2, 0.25) is 5.82 Å². The van der Waals surface area contributed by atoms with Gasteiger partial charge in [-0.1, -0.05) is 46.0 Å².